The topological polar surface area (TPSA) is 70.5 Å². The molecule has 0 N–H and O–H groups in total. The van der Waals surface area contributed by atoms with E-state index in [0.29, 0.717) is 22.2 Å². The minimum atomic E-state index is -0.407. The maximum Gasteiger partial charge on any atom is 0.341 e. The highest BCUT2D eigenvalue weighted by Crippen LogP contribution is 2.24. The highest BCUT2D eigenvalue weighted by atomic mass is 32.2. The first-order chi connectivity index (χ1) is 13.1. The summed E-state index contributed by atoms with van der Waals surface area (Å²) in [5.74, 6) is 1.43. The maximum atomic E-state index is 12.2. The molecule has 6 nitrogen and oxygen atoms in total. The number of carbonyl (C=O) groups excluding carboxylic acids is 1. The summed E-state index contributed by atoms with van der Waals surface area (Å²) in [6.07, 6.45) is 0. The Morgan fingerprint density at radius 3 is 2.67 bits per heavy atom. The standard InChI is InChI=1S/C20H20N2O4S/c1-13-16-12-14(24-2)8-9-17(16)22-20(21-13)27-11-10-26-19(23)15-6-4-5-7-18(15)25-3/h4-9,12H,10-11H2,1-3H3. The van der Waals surface area contributed by atoms with E-state index in [0.717, 1.165) is 22.3 Å². The molecule has 2 aromatic carbocycles. The molecule has 0 aliphatic rings. The minimum Gasteiger partial charge on any atom is -0.497 e. The van der Waals surface area contributed by atoms with Gasteiger partial charge in [0, 0.05) is 16.8 Å². The van der Waals surface area contributed by atoms with Crippen LogP contribution in [0.15, 0.2) is 47.6 Å². The summed E-state index contributed by atoms with van der Waals surface area (Å²) in [7, 11) is 3.16. The van der Waals surface area contributed by atoms with E-state index >= 15 is 0 Å². The number of methoxy groups -OCH3 is 2. The molecule has 0 saturated carbocycles. The number of rotatable bonds is 7. The highest BCUT2D eigenvalue weighted by molar-refractivity contribution is 7.99. The van der Waals surface area contributed by atoms with Gasteiger partial charge in [0.1, 0.15) is 23.7 Å². The number of hydrogen-bond donors (Lipinski definition) is 0. The number of benzene rings is 2. The smallest absolute Gasteiger partial charge is 0.341 e. The summed E-state index contributed by atoms with van der Waals surface area (Å²) < 4.78 is 15.8. The normalized spacial score (nSPS) is 10.6. The molecule has 0 radical (unpaired) electrons. The Kier molecular flexibility index (Phi) is 6.13. The minimum absolute atomic E-state index is 0.255. The molecule has 7 heteroatoms. The Labute approximate surface area is 161 Å². The number of para-hydroxylation sites is 1. The summed E-state index contributed by atoms with van der Waals surface area (Å²) in [6, 6.07) is 12.7. The van der Waals surface area contributed by atoms with E-state index < -0.39 is 5.97 Å². The van der Waals surface area contributed by atoms with Gasteiger partial charge in [-0.3, -0.25) is 0 Å². The van der Waals surface area contributed by atoms with Gasteiger partial charge in [0.15, 0.2) is 5.16 Å². The molecule has 0 spiro atoms. The average molecular weight is 384 g/mol. The molecule has 0 bridgehead atoms. The van der Waals surface area contributed by atoms with E-state index in [1.54, 1.807) is 31.4 Å². The number of carbonyl (C=O) groups is 1. The second kappa shape index (κ2) is 8.73. The van der Waals surface area contributed by atoms with Crippen LogP contribution in [0.2, 0.25) is 0 Å². The number of esters is 1. The number of thioether (sulfide) groups is 1. The van der Waals surface area contributed by atoms with Crippen molar-refractivity contribution in [3.8, 4) is 11.5 Å². The number of ether oxygens (including phenoxy) is 3. The Bertz CT molecular complexity index is 962. The van der Waals surface area contributed by atoms with Crippen LogP contribution >= 0.6 is 11.8 Å². The third-order valence-electron chi connectivity index (χ3n) is 3.95. The number of aryl methyl sites for hydroxylation is 1. The summed E-state index contributed by atoms with van der Waals surface area (Å²) in [5.41, 5.74) is 2.15. The van der Waals surface area contributed by atoms with Crippen LogP contribution in [-0.2, 0) is 4.74 Å². The van der Waals surface area contributed by atoms with Gasteiger partial charge in [-0.15, -0.1) is 0 Å². The Balaban J connectivity index is 1.60. The Morgan fingerprint density at radius 2 is 1.89 bits per heavy atom. The van der Waals surface area contributed by atoms with Gasteiger partial charge in [-0.1, -0.05) is 23.9 Å². The summed E-state index contributed by atoms with van der Waals surface area (Å²) >= 11 is 1.44. The van der Waals surface area contributed by atoms with Gasteiger partial charge in [0.05, 0.1) is 19.7 Å². The summed E-state index contributed by atoms with van der Waals surface area (Å²) in [4.78, 5) is 21.2. The molecule has 1 heterocycles. The maximum absolute atomic E-state index is 12.2. The molecular formula is C20H20N2O4S. The summed E-state index contributed by atoms with van der Waals surface area (Å²) in [5, 5.41) is 1.61. The molecule has 1 aromatic heterocycles. The van der Waals surface area contributed by atoms with Gasteiger partial charge < -0.3 is 14.2 Å². The monoisotopic (exact) mass is 384 g/mol. The first-order valence-electron chi connectivity index (χ1n) is 8.37. The molecule has 3 rings (SSSR count). The molecule has 140 valence electrons. The molecule has 27 heavy (non-hydrogen) atoms. The van der Waals surface area contributed by atoms with E-state index in [1.807, 2.05) is 25.1 Å². The zero-order chi connectivity index (χ0) is 19.2. The predicted octanol–water partition coefficient (Wildman–Crippen LogP) is 3.90. The molecule has 0 atom stereocenters. The molecule has 0 unspecified atom stereocenters. The van der Waals surface area contributed by atoms with Gasteiger partial charge in [0.2, 0.25) is 0 Å². The third-order valence-corrected chi connectivity index (χ3v) is 4.76. The largest absolute Gasteiger partial charge is 0.497 e. The van der Waals surface area contributed by atoms with E-state index in [9.17, 15) is 4.79 Å². The third kappa shape index (κ3) is 4.49. The van der Waals surface area contributed by atoms with Crippen molar-refractivity contribution >= 4 is 28.6 Å². The van der Waals surface area contributed by atoms with Gasteiger partial charge in [-0.2, -0.15) is 0 Å². The highest BCUT2D eigenvalue weighted by Gasteiger charge is 2.13. The van der Waals surface area contributed by atoms with Crippen molar-refractivity contribution in [1.29, 1.82) is 0 Å². The zero-order valence-electron chi connectivity index (χ0n) is 15.4. The molecule has 0 fully saturated rings. The number of hydrogen-bond acceptors (Lipinski definition) is 7. The lowest BCUT2D eigenvalue weighted by Gasteiger charge is -2.09. The van der Waals surface area contributed by atoms with Crippen LogP contribution in [0, 0.1) is 6.92 Å². The van der Waals surface area contributed by atoms with Gasteiger partial charge in [-0.25, -0.2) is 14.8 Å². The molecule has 0 aliphatic heterocycles. The fraction of sp³-hybridized carbons (Fsp3) is 0.250. The van der Waals surface area contributed by atoms with Crippen LogP contribution in [0.3, 0.4) is 0 Å². The Morgan fingerprint density at radius 1 is 1.07 bits per heavy atom. The number of aromatic nitrogens is 2. The summed E-state index contributed by atoms with van der Waals surface area (Å²) in [6.45, 7) is 2.19. The van der Waals surface area contributed by atoms with Crippen LogP contribution in [0.5, 0.6) is 11.5 Å². The first-order valence-corrected chi connectivity index (χ1v) is 9.36. The second-order valence-electron chi connectivity index (χ2n) is 5.66. The van der Waals surface area contributed by atoms with Crippen LogP contribution in [0.4, 0.5) is 0 Å². The number of fused-ring (bicyclic) bond motifs is 1. The van der Waals surface area contributed by atoms with Crippen molar-refractivity contribution in [2.75, 3.05) is 26.6 Å². The van der Waals surface area contributed by atoms with Crippen LogP contribution in [-0.4, -0.2) is 42.5 Å². The van der Waals surface area contributed by atoms with Gasteiger partial charge in [0.25, 0.3) is 0 Å². The van der Waals surface area contributed by atoms with Crippen molar-refractivity contribution in [1.82, 2.24) is 9.97 Å². The van der Waals surface area contributed by atoms with E-state index in [1.165, 1.54) is 18.9 Å². The van der Waals surface area contributed by atoms with Crippen LogP contribution in [0.25, 0.3) is 10.9 Å². The van der Waals surface area contributed by atoms with E-state index in [-0.39, 0.29) is 6.61 Å². The molecule has 3 aromatic rings. The van der Waals surface area contributed by atoms with Crippen molar-refractivity contribution < 1.29 is 19.0 Å². The van der Waals surface area contributed by atoms with E-state index in [4.69, 9.17) is 14.2 Å². The molecule has 0 amide bonds. The lowest BCUT2D eigenvalue weighted by Crippen LogP contribution is -2.09. The average Bonchev–Trinajstić information content (AvgIpc) is 2.70. The fourth-order valence-electron chi connectivity index (χ4n) is 2.58. The molecule has 0 aliphatic carbocycles. The molecular weight excluding hydrogens is 364 g/mol. The van der Waals surface area contributed by atoms with Crippen LogP contribution < -0.4 is 9.47 Å². The zero-order valence-corrected chi connectivity index (χ0v) is 16.2. The van der Waals surface area contributed by atoms with Crippen molar-refractivity contribution in [3.63, 3.8) is 0 Å². The predicted molar refractivity (Wildman–Crippen MR) is 105 cm³/mol. The quantitative estimate of drug-likeness (QED) is 0.265. The van der Waals surface area contributed by atoms with Crippen molar-refractivity contribution in [2.24, 2.45) is 0 Å². The lowest BCUT2D eigenvalue weighted by atomic mass is 10.2. The van der Waals surface area contributed by atoms with Gasteiger partial charge >= 0.3 is 5.97 Å². The lowest BCUT2D eigenvalue weighted by molar-refractivity contribution is 0.0526. The number of nitrogens with zero attached hydrogens (tertiary/aromatic N) is 2. The SMILES string of the molecule is COc1ccc2nc(SCCOC(=O)c3ccccc3OC)nc(C)c2c1. The fourth-order valence-corrected chi connectivity index (χ4v) is 3.30. The van der Waals surface area contributed by atoms with Crippen LogP contribution in [0.1, 0.15) is 16.1 Å². The van der Waals surface area contributed by atoms with Gasteiger partial charge in [-0.05, 0) is 37.3 Å². The Hall–Kier alpha value is -2.80. The first kappa shape index (κ1) is 19.0. The van der Waals surface area contributed by atoms with Crippen molar-refractivity contribution in [3.05, 3.63) is 53.7 Å². The van der Waals surface area contributed by atoms with Crippen molar-refractivity contribution in [2.45, 2.75) is 12.1 Å². The molecule has 0 saturated heterocycles. The van der Waals surface area contributed by atoms with E-state index in [2.05, 4.69) is 9.97 Å². The second-order valence-corrected chi connectivity index (χ2v) is 6.72.